The fraction of sp³-hybridized carbons (Fsp3) is 0.732. The summed E-state index contributed by atoms with van der Waals surface area (Å²) in [5.41, 5.74) is -2.25. The van der Waals surface area contributed by atoms with Crippen LogP contribution in [0.5, 0.6) is 0 Å². The minimum Gasteiger partial charge on any atom is -0.393 e. The van der Waals surface area contributed by atoms with Crippen LogP contribution < -0.4 is 0 Å². The molecule has 1 aromatic carbocycles. The van der Waals surface area contributed by atoms with E-state index in [4.69, 9.17) is 11.6 Å². The van der Waals surface area contributed by atoms with Crippen LogP contribution in [-0.4, -0.2) is 59.8 Å². The Morgan fingerprint density at radius 1 is 1.00 bits per heavy atom. The topological polar surface area (TPSA) is 94.9 Å². The SMILES string of the molecule is CC1(C)[C@H]2CC[C@@H](CN(C[C@]3(O)CC[C@H]4[C@]56C=C[C@@]7(C=C5C(=O)Cc5c(F)cccc5Cl)CC(O)CC[C@]7(C)[C@H]6CC[C@@]43C)S(C)(=O)=O)[C@@H]1C2. The molecular formula is C41H55ClFNO5S. The number of allylic oxidation sites excluding steroid dienone is 4. The van der Waals surface area contributed by atoms with E-state index in [9.17, 15) is 23.4 Å². The van der Waals surface area contributed by atoms with Gasteiger partial charge in [0.05, 0.1) is 18.0 Å². The van der Waals surface area contributed by atoms with Crippen molar-refractivity contribution < 1.29 is 27.8 Å². The minimum atomic E-state index is -3.61. The first-order chi connectivity index (χ1) is 23.3. The summed E-state index contributed by atoms with van der Waals surface area (Å²) in [6.07, 6.45) is 15.3. The molecule has 9 aliphatic carbocycles. The highest BCUT2D eigenvalue weighted by Gasteiger charge is 2.74. The lowest BCUT2D eigenvalue weighted by Crippen LogP contribution is -2.67. The Balaban J connectivity index is 1.18. The van der Waals surface area contributed by atoms with Gasteiger partial charge < -0.3 is 10.2 Å². The van der Waals surface area contributed by atoms with E-state index in [0.717, 1.165) is 44.4 Å². The van der Waals surface area contributed by atoms with E-state index in [-0.39, 0.29) is 57.9 Å². The van der Waals surface area contributed by atoms with Gasteiger partial charge in [-0.2, -0.15) is 4.31 Å². The van der Waals surface area contributed by atoms with Crippen LogP contribution in [0.15, 0.2) is 42.0 Å². The van der Waals surface area contributed by atoms with E-state index in [1.54, 1.807) is 16.4 Å². The molecule has 2 spiro atoms. The summed E-state index contributed by atoms with van der Waals surface area (Å²) in [5.74, 6) is 0.795. The Bertz CT molecular complexity index is 1770. The number of Topliss-reactive ketones (excluding diaryl/α,β-unsaturated/α-hetero) is 1. The number of fused-ring (bicyclic) bond motifs is 3. The molecule has 9 heteroatoms. The average molecular weight is 728 g/mol. The predicted octanol–water partition coefficient (Wildman–Crippen LogP) is 7.52. The van der Waals surface area contributed by atoms with Gasteiger partial charge in [0, 0.05) is 51.9 Å². The van der Waals surface area contributed by atoms with Crippen LogP contribution in [0.3, 0.4) is 0 Å². The second kappa shape index (κ2) is 11.2. The highest BCUT2D eigenvalue weighted by Crippen LogP contribution is 2.78. The highest BCUT2D eigenvalue weighted by molar-refractivity contribution is 7.88. The fourth-order valence-electron chi connectivity index (χ4n) is 13.7. The number of aliphatic hydroxyl groups is 2. The number of aliphatic hydroxyl groups excluding tert-OH is 1. The third-order valence-electron chi connectivity index (χ3n) is 16.8. The highest BCUT2D eigenvalue weighted by atomic mass is 35.5. The van der Waals surface area contributed by atoms with E-state index in [1.165, 1.54) is 12.3 Å². The number of benzene rings is 1. The smallest absolute Gasteiger partial charge is 0.211 e. The van der Waals surface area contributed by atoms with Crippen molar-refractivity contribution in [2.24, 2.45) is 56.7 Å². The molecule has 1 unspecified atom stereocenters. The summed E-state index contributed by atoms with van der Waals surface area (Å²) in [5, 5.41) is 24.1. The average Bonchev–Trinajstić information content (AvgIpc) is 3.32. The molecule has 0 radical (unpaired) electrons. The molecule has 11 atom stereocenters. The number of ketones is 1. The predicted molar refractivity (Wildman–Crippen MR) is 193 cm³/mol. The molecule has 1 aromatic rings. The lowest BCUT2D eigenvalue weighted by atomic mass is 9.32. The van der Waals surface area contributed by atoms with Crippen molar-refractivity contribution in [1.29, 1.82) is 0 Å². The molecule has 2 N–H and O–H groups in total. The normalized spacial score (nSPS) is 45.4. The second-order valence-corrected chi connectivity index (χ2v) is 21.3. The summed E-state index contributed by atoms with van der Waals surface area (Å²) in [4.78, 5) is 14.7. The summed E-state index contributed by atoms with van der Waals surface area (Å²) >= 11 is 6.46. The van der Waals surface area contributed by atoms with Gasteiger partial charge in [0.25, 0.3) is 0 Å². The van der Waals surface area contributed by atoms with Crippen LogP contribution in [0.1, 0.15) is 97.5 Å². The molecular weight excluding hydrogens is 673 g/mol. The summed E-state index contributed by atoms with van der Waals surface area (Å²) < 4.78 is 43.7. The number of hydrogen-bond acceptors (Lipinski definition) is 5. The van der Waals surface area contributed by atoms with E-state index >= 15 is 4.39 Å². The van der Waals surface area contributed by atoms with Crippen molar-refractivity contribution >= 4 is 27.4 Å². The first kappa shape index (κ1) is 35.4. The van der Waals surface area contributed by atoms with Gasteiger partial charge in [0.15, 0.2) is 5.78 Å². The number of carbonyl (C=O) groups excluding carboxylic acids is 1. The monoisotopic (exact) mass is 727 g/mol. The zero-order chi connectivity index (χ0) is 35.9. The molecule has 10 rings (SSSR count). The van der Waals surface area contributed by atoms with Crippen molar-refractivity contribution in [2.75, 3.05) is 19.3 Å². The first-order valence-corrected chi connectivity index (χ1v) is 21.3. The summed E-state index contributed by atoms with van der Waals surface area (Å²) in [6, 6.07) is 4.50. The van der Waals surface area contributed by atoms with Gasteiger partial charge in [0.1, 0.15) is 5.82 Å². The van der Waals surface area contributed by atoms with Crippen molar-refractivity contribution in [3.05, 3.63) is 58.4 Å². The summed E-state index contributed by atoms with van der Waals surface area (Å²) in [7, 11) is -3.61. The molecule has 4 bridgehead atoms. The zero-order valence-electron chi connectivity index (χ0n) is 30.4. The Morgan fingerprint density at radius 3 is 2.38 bits per heavy atom. The van der Waals surface area contributed by atoms with Crippen LogP contribution in [-0.2, 0) is 21.2 Å². The third-order valence-corrected chi connectivity index (χ3v) is 18.3. The van der Waals surface area contributed by atoms with Gasteiger partial charge in [-0.3, -0.25) is 4.79 Å². The Kier molecular flexibility index (Phi) is 7.96. The first-order valence-electron chi connectivity index (χ1n) is 19.1. The zero-order valence-corrected chi connectivity index (χ0v) is 31.9. The summed E-state index contributed by atoms with van der Waals surface area (Å²) in [6.45, 7) is 9.62. The molecule has 50 heavy (non-hydrogen) atoms. The van der Waals surface area contributed by atoms with Gasteiger partial charge in [-0.1, -0.05) is 63.6 Å². The number of nitrogens with zero attached hydrogens (tertiary/aromatic N) is 1. The van der Waals surface area contributed by atoms with Crippen LogP contribution in [0.2, 0.25) is 5.02 Å². The maximum Gasteiger partial charge on any atom is 0.211 e. The van der Waals surface area contributed by atoms with Crippen molar-refractivity contribution in [3.63, 3.8) is 0 Å². The van der Waals surface area contributed by atoms with E-state index < -0.39 is 43.8 Å². The molecule has 0 heterocycles. The standard InChI is InChI=1S/C41H55ClFNO5S/c1-36(2)26-10-9-25(29(36)19-26)23-44(50(5,48)49)24-40(47)16-13-35-38(40,4)15-12-34-37(3)14-11-27(45)21-39(37)17-18-41(34,35)30(22-39)33(46)20-28-31(42)7-6-8-32(28)43/h6-8,17-18,22,25-27,29,34-35,45,47H,9-16,19-21,23-24H2,1-5H3/t25-,26-,27?,29-,34+,35+,37+,38-,39-,40+,41+/m0/s1. The minimum absolute atomic E-state index is 0.0571. The number of halogens is 2. The van der Waals surface area contributed by atoms with Crippen LogP contribution >= 0.6 is 11.6 Å². The van der Waals surface area contributed by atoms with Gasteiger partial charge in [-0.25, -0.2) is 12.8 Å². The lowest BCUT2D eigenvalue weighted by molar-refractivity contribution is -0.177. The molecule has 0 aliphatic heterocycles. The molecule has 6 fully saturated rings. The van der Waals surface area contributed by atoms with E-state index in [1.807, 2.05) is 0 Å². The molecule has 6 saturated carbocycles. The quantitative estimate of drug-likeness (QED) is 0.271. The van der Waals surface area contributed by atoms with Crippen molar-refractivity contribution in [3.8, 4) is 0 Å². The molecule has 0 aromatic heterocycles. The lowest BCUT2D eigenvalue weighted by Gasteiger charge is -2.71. The Morgan fingerprint density at radius 2 is 1.70 bits per heavy atom. The number of hydrogen-bond donors (Lipinski definition) is 2. The molecule has 0 amide bonds. The van der Waals surface area contributed by atoms with Crippen molar-refractivity contribution in [2.45, 2.75) is 110 Å². The van der Waals surface area contributed by atoms with Crippen molar-refractivity contribution in [1.82, 2.24) is 4.31 Å². The Labute approximate surface area is 303 Å². The molecule has 0 saturated heterocycles. The van der Waals surface area contributed by atoms with Gasteiger partial charge in [-0.15, -0.1) is 0 Å². The van der Waals surface area contributed by atoms with Crippen LogP contribution in [0.4, 0.5) is 4.39 Å². The fourth-order valence-corrected chi connectivity index (χ4v) is 14.8. The number of sulfonamides is 1. The molecule has 274 valence electrons. The van der Waals surface area contributed by atoms with E-state index in [2.05, 4.69) is 45.9 Å². The maximum atomic E-state index is 15.1. The maximum absolute atomic E-state index is 15.1. The number of rotatable bonds is 8. The van der Waals surface area contributed by atoms with Gasteiger partial charge in [0.2, 0.25) is 10.0 Å². The van der Waals surface area contributed by atoms with Gasteiger partial charge >= 0.3 is 0 Å². The Hall–Kier alpha value is -1.58. The molecule has 6 nitrogen and oxygen atoms in total. The second-order valence-electron chi connectivity index (χ2n) is 18.9. The van der Waals surface area contributed by atoms with Crippen LogP contribution in [0, 0.1) is 62.5 Å². The number of carbonyl (C=O) groups is 1. The molecule has 9 aliphatic rings. The largest absolute Gasteiger partial charge is 0.393 e. The third kappa shape index (κ3) is 4.66. The van der Waals surface area contributed by atoms with Crippen LogP contribution in [0.25, 0.3) is 0 Å². The van der Waals surface area contributed by atoms with E-state index in [0.29, 0.717) is 43.7 Å². The van der Waals surface area contributed by atoms with Gasteiger partial charge in [-0.05, 0) is 117 Å².